The summed E-state index contributed by atoms with van der Waals surface area (Å²) in [5.74, 6) is -1.34. The van der Waals surface area contributed by atoms with Crippen LogP contribution in [0.5, 0.6) is 0 Å². The first-order valence-corrected chi connectivity index (χ1v) is 10.8. The van der Waals surface area contributed by atoms with Crippen LogP contribution in [0.15, 0.2) is 78.9 Å². The molecule has 32 heavy (non-hydrogen) atoms. The SMILES string of the molecule is CC(=O)Nc1ccc(N2CCN(C(c3ccccc3)c3ccccc3)CC2)cc1C(=O)O. The molecule has 0 radical (unpaired) electrons. The van der Waals surface area contributed by atoms with Gasteiger partial charge in [0.2, 0.25) is 5.91 Å². The van der Waals surface area contributed by atoms with Gasteiger partial charge in [-0.3, -0.25) is 9.69 Å². The molecule has 0 unspecified atom stereocenters. The first kappa shape index (κ1) is 21.6. The van der Waals surface area contributed by atoms with Crippen molar-refractivity contribution in [1.29, 1.82) is 0 Å². The molecule has 1 aliphatic heterocycles. The molecule has 0 atom stereocenters. The van der Waals surface area contributed by atoms with Crippen LogP contribution in [0.3, 0.4) is 0 Å². The van der Waals surface area contributed by atoms with Gasteiger partial charge in [-0.15, -0.1) is 0 Å². The minimum absolute atomic E-state index is 0.103. The van der Waals surface area contributed by atoms with E-state index in [0.29, 0.717) is 5.69 Å². The van der Waals surface area contributed by atoms with Crippen LogP contribution >= 0.6 is 0 Å². The maximum Gasteiger partial charge on any atom is 0.337 e. The molecule has 164 valence electrons. The van der Waals surface area contributed by atoms with Gasteiger partial charge in [-0.2, -0.15) is 0 Å². The summed E-state index contributed by atoms with van der Waals surface area (Å²) in [7, 11) is 0. The van der Waals surface area contributed by atoms with Crippen LogP contribution in [0.1, 0.15) is 34.5 Å². The van der Waals surface area contributed by atoms with Gasteiger partial charge in [-0.05, 0) is 29.3 Å². The summed E-state index contributed by atoms with van der Waals surface area (Å²) in [5.41, 5.74) is 3.80. The molecule has 1 saturated heterocycles. The fraction of sp³-hybridized carbons (Fsp3) is 0.231. The second-order valence-corrected chi connectivity index (χ2v) is 7.96. The lowest BCUT2D eigenvalue weighted by Crippen LogP contribution is -2.48. The van der Waals surface area contributed by atoms with E-state index < -0.39 is 5.97 Å². The molecule has 6 nitrogen and oxygen atoms in total. The van der Waals surface area contributed by atoms with Gasteiger partial charge in [0.25, 0.3) is 0 Å². The van der Waals surface area contributed by atoms with Gasteiger partial charge in [0, 0.05) is 38.8 Å². The quantitative estimate of drug-likeness (QED) is 0.613. The fourth-order valence-electron chi connectivity index (χ4n) is 4.33. The molecule has 1 amide bonds. The maximum absolute atomic E-state index is 11.7. The highest BCUT2D eigenvalue weighted by molar-refractivity contribution is 6.00. The number of hydrogen-bond donors (Lipinski definition) is 2. The van der Waals surface area contributed by atoms with Gasteiger partial charge in [0.15, 0.2) is 0 Å². The monoisotopic (exact) mass is 429 g/mol. The Hall–Kier alpha value is -3.64. The van der Waals surface area contributed by atoms with Crippen molar-refractivity contribution >= 4 is 23.3 Å². The Balaban J connectivity index is 1.53. The first-order chi connectivity index (χ1) is 15.5. The largest absolute Gasteiger partial charge is 0.478 e. The second kappa shape index (κ2) is 9.66. The fourth-order valence-corrected chi connectivity index (χ4v) is 4.33. The van der Waals surface area contributed by atoms with Crippen molar-refractivity contribution in [3.05, 3.63) is 95.6 Å². The number of carbonyl (C=O) groups is 2. The lowest BCUT2D eigenvalue weighted by molar-refractivity contribution is -0.114. The summed E-state index contributed by atoms with van der Waals surface area (Å²) in [6.07, 6.45) is 0. The van der Waals surface area contributed by atoms with Crippen LogP contribution in [0.2, 0.25) is 0 Å². The minimum Gasteiger partial charge on any atom is -0.478 e. The maximum atomic E-state index is 11.7. The second-order valence-electron chi connectivity index (χ2n) is 7.96. The number of nitrogens with zero attached hydrogens (tertiary/aromatic N) is 2. The van der Waals surface area contributed by atoms with E-state index in [1.165, 1.54) is 18.1 Å². The molecular weight excluding hydrogens is 402 g/mol. The molecular formula is C26H27N3O3. The highest BCUT2D eigenvalue weighted by Gasteiger charge is 2.27. The van der Waals surface area contributed by atoms with Gasteiger partial charge in [0.05, 0.1) is 17.3 Å². The molecule has 1 heterocycles. The number of carbonyl (C=O) groups excluding carboxylic acids is 1. The van der Waals surface area contributed by atoms with E-state index in [1.54, 1.807) is 12.1 Å². The zero-order valence-electron chi connectivity index (χ0n) is 18.1. The molecule has 0 aliphatic carbocycles. The van der Waals surface area contributed by atoms with E-state index in [-0.39, 0.29) is 17.5 Å². The van der Waals surface area contributed by atoms with Crippen molar-refractivity contribution in [2.75, 3.05) is 36.4 Å². The molecule has 0 saturated carbocycles. The molecule has 0 bridgehead atoms. The van der Waals surface area contributed by atoms with Crippen LogP contribution in [0, 0.1) is 0 Å². The summed E-state index contributed by atoms with van der Waals surface area (Å²) in [6.45, 7) is 4.65. The number of nitrogens with one attached hydrogen (secondary N) is 1. The Morgan fingerprint density at radius 3 is 1.91 bits per heavy atom. The molecule has 3 aromatic carbocycles. The van der Waals surface area contributed by atoms with E-state index >= 15 is 0 Å². The lowest BCUT2D eigenvalue weighted by Gasteiger charge is -2.40. The Bertz CT molecular complexity index is 1040. The van der Waals surface area contributed by atoms with Gasteiger partial charge < -0.3 is 15.3 Å². The number of rotatable bonds is 6. The van der Waals surface area contributed by atoms with Crippen LogP contribution in [0.25, 0.3) is 0 Å². The zero-order valence-corrected chi connectivity index (χ0v) is 18.1. The van der Waals surface area contributed by atoms with Crippen molar-refractivity contribution in [3.8, 4) is 0 Å². The van der Waals surface area contributed by atoms with Gasteiger partial charge in [-0.25, -0.2) is 4.79 Å². The number of carboxylic acid groups (broad SMARTS) is 1. The Morgan fingerprint density at radius 2 is 1.41 bits per heavy atom. The molecule has 0 aromatic heterocycles. The molecule has 0 spiro atoms. The molecule has 1 fully saturated rings. The number of hydrogen-bond acceptors (Lipinski definition) is 4. The Labute approximate surface area is 188 Å². The highest BCUT2D eigenvalue weighted by atomic mass is 16.4. The summed E-state index contributed by atoms with van der Waals surface area (Å²) >= 11 is 0. The predicted molar refractivity (Wildman–Crippen MR) is 126 cm³/mol. The van der Waals surface area contributed by atoms with E-state index in [2.05, 4.69) is 63.6 Å². The average Bonchev–Trinajstić information content (AvgIpc) is 2.81. The third-order valence-corrected chi connectivity index (χ3v) is 5.82. The molecule has 1 aliphatic rings. The van der Waals surface area contributed by atoms with Gasteiger partial charge in [0.1, 0.15) is 0 Å². The predicted octanol–water partition coefficient (Wildman–Crippen LogP) is 4.25. The number of carboxylic acids is 1. The third kappa shape index (κ3) is 4.81. The van der Waals surface area contributed by atoms with Gasteiger partial charge in [-0.1, -0.05) is 60.7 Å². The zero-order chi connectivity index (χ0) is 22.5. The summed E-state index contributed by atoms with van der Waals surface area (Å²) in [6, 6.07) is 26.4. The van der Waals surface area contributed by atoms with Crippen LogP contribution < -0.4 is 10.2 Å². The number of amides is 1. The summed E-state index contributed by atoms with van der Waals surface area (Å²) < 4.78 is 0. The van der Waals surface area contributed by atoms with E-state index in [0.717, 1.165) is 31.9 Å². The Kier molecular flexibility index (Phi) is 6.52. The Morgan fingerprint density at radius 1 is 0.844 bits per heavy atom. The van der Waals surface area contributed by atoms with Crippen molar-refractivity contribution in [2.45, 2.75) is 13.0 Å². The molecule has 4 rings (SSSR count). The number of aromatic carboxylic acids is 1. The van der Waals surface area contributed by atoms with Crippen molar-refractivity contribution in [3.63, 3.8) is 0 Å². The normalized spacial score (nSPS) is 14.4. The van der Waals surface area contributed by atoms with E-state index in [9.17, 15) is 14.7 Å². The summed E-state index contributed by atoms with van der Waals surface area (Å²) in [5, 5.41) is 12.2. The standard InChI is InChI=1S/C26H27N3O3/c1-19(30)27-24-13-12-22(18-23(24)26(31)32)28-14-16-29(17-15-28)25(20-8-4-2-5-9-20)21-10-6-3-7-11-21/h2-13,18,25H,14-17H2,1H3,(H,27,30)(H,31,32). The first-order valence-electron chi connectivity index (χ1n) is 10.8. The lowest BCUT2D eigenvalue weighted by atomic mass is 9.96. The number of benzene rings is 3. The highest BCUT2D eigenvalue weighted by Crippen LogP contribution is 2.31. The van der Waals surface area contributed by atoms with Crippen LogP contribution in [0.4, 0.5) is 11.4 Å². The molecule has 2 N–H and O–H groups in total. The summed E-state index contributed by atoms with van der Waals surface area (Å²) in [4.78, 5) is 27.8. The average molecular weight is 430 g/mol. The van der Waals surface area contributed by atoms with Crippen LogP contribution in [-0.2, 0) is 4.79 Å². The topological polar surface area (TPSA) is 72.9 Å². The number of anilines is 2. The smallest absolute Gasteiger partial charge is 0.337 e. The van der Waals surface area contributed by atoms with Crippen molar-refractivity contribution < 1.29 is 14.7 Å². The van der Waals surface area contributed by atoms with Crippen molar-refractivity contribution in [1.82, 2.24) is 4.90 Å². The van der Waals surface area contributed by atoms with Crippen molar-refractivity contribution in [2.24, 2.45) is 0 Å². The van der Waals surface area contributed by atoms with E-state index in [1.807, 2.05) is 18.2 Å². The molecule has 6 heteroatoms. The van der Waals surface area contributed by atoms with Gasteiger partial charge >= 0.3 is 5.97 Å². The third-order valence-electron chi connectivity index (χ3n) is 5.82. The minimum atomic E-state index is -1.05. The number of piperazine rings is 1. The van der Waals surface area contributed by atoms with Crippen LogP contribution in [-0.4, -0.2) is 48.1 Å². The molecule has 3 aromatic rings. The van der Waals surface area contributed by atoms with E-state index in [4.69, 9.17) is 0 Å².